The Morgan fingerprint density at radius 1 is 1.14 bits per heavy atom. The van der Waals surface area contributed by atoms with Crippen LogP contribution in [0.15, 0.2) is 0 Å². The zero-order chi connectivity index (χ0) is 11.0. The van der Waals surface area contributed by atoms with E-state index in [9.17, 15) is 4.79 Å². The first-order valence-corrected chi connectivity index (χ1v) is 5.47. The van der Waals surface area contributed by atoms with E-state index in [2.05, 4.69) is 33.0 Å². The highest BCUT2D eigenvalue weighted by atomic mass is 16.1. The summed E-state index contributed by atoms with van der Waals surface area (Å²) in [6, 6.07) is 0.367. The average Bonchev–Trinajstić information content (AvgIpc) is 1.74. The molecule has 0 spiro atoms. The molecule has 1 fully saturated rings. The molecule has 1 amide bonds. The molecule has 0 atom stereocenters. The van der Waals surface area contributed by atoms with Gasteiger partial charge in [-0.25, -0.2) is 0 Å². The summed E-state index contributed by atoms with van der Waals surface area (Å²) in [5, 5.41) is 3.05. The lowest BCUT2D eigenvalue weighted by Gasteiger charge is -2.45. The lowest BCUT2D eigenvalue weighted by atomic mass is 9.63. The van der Waals surface area contributed by atoms with Crippen molar-refractivity contribution >= 4 is 5.91 Å². The van der Waals surface area contributed by atoms with Gasteiger partial charge in [-0.05, 0) is 30.1 Å². The predicted octanol–water partition coefficient (Wildman–Crippen LogP) is 2.73. The molecule has 0 saturated heterocycles. The normalized spacial score (nSPS) is 25.8. The Balaban J connectivity index is 2.66. The van der Waals surface area contributed by atoms with Crippen molar-refractivity contribution in [1.29, 1.82) is 0 Å². The van der Waals surface area contributed by atoms with Crippen LogP contribution < -0.4 is 5.32 Å². The first-order valence-electron chi connectivity index (χ1n) is 5.47. The van der Waals surface area contributed by atoms with Gasteiger partial charge in [0, 0.05) is 13.0 Å². The summed E-state index contributed by atoms with van der Waals surface area (Å²) in [6.07, 6.45) is 3.46. The zero-order valence-corrected chi connectivity index (χ0v) is 10.1. The number of carbonyl (C=O) groups is 1. The highest BCUT2D eigenvalue weighted by Gasteiger charge is 2.38. The van der Waals surface area contributed by atoms with Crippen LogP contribution in [0.1, 0.15) is 53.9 Å². The molecule has 0 aliphatic heterocycles. The second kappa shape index (κ2) is 3.56. The number of hydrogen-bond acceptors (Lipinski definition) is 1. The molecule has 0 aromatic heterocycles. The van der Waals surface area contributed by atoms with Crippen LogP contribution in [0.2, 0.25) is 0 Å². The minimum atomic E-state index is 0.100. The molecule has 0 unspecified atom stereocenters. The minimum absolute atomic E-state index is 0.100. The Morgan fingerprint density at radius 3 is 1.93 bits per heavy atom. The molecule has 1 saturated carbocycles. The van der Waals surface area contributed by atoms with Gasteiger partial charge in [0.25, 0.3) is 0 Å². The molecule has 1 N–H and O–H groups in total. The molecule has 0 bridgehead atoms. The second-order valence-corrected chi connectivity index (χ2v) is 6.31. The van der Waals surface area contributed by atoms with E-state index in [4.69, 9.17) is 0 Å². The molecule has 1 aliphatic rings. The minimum Gasteiger partial charge on any atom is -0.354 e. The van der Waals surface area contributed by atoms with Gasteiger partial charge < -0.3 is 5.32 Å². The molecule has 14 heavy (non-hydrogen) atoms. The van der Waals surface area contributed by atoms with Gasteiger partial charge in [0.05, 0.1) is 0 Å². The number of amides is 1. The van der Waals surface area contributed by atoms with Crippen molar-refractivity contribution in [2.75, 3.05) is 0 Å². The summed E-state index contributed by atoms with van der Waals surface area (Å²) < 4.78 is 0. The third-order valence-corrected chi connectivity index (χ3v) is 2.96. The third-order valence-electron chi connectivity index (χ3n) is 2.96. The highest BCUT2D eigenvalue weighted by Crippen LogP contribution is 2.45. The monoisotopic (exact) mass is 197 g/mol. The molecule has 0 radical (unpaired) electrons. The van der Waals surface area contributed by atoms with Gasteiger partial charge in [0.15, 0.2) is 0 Å². The Hall–Kier alpha value is -0.530. The van der Waals surface area contributed by atoms with Gasteiger partial charge in [-0.15, -0.1) is 0 Å². The molecule has 82 valence electrons. The van der Waals surface area contributed by atoms with Crippen molar-refractivity contribution in [2.24, 2.45) is 10.8 Å². The maximum Gasteiger partial charge on any atom is 0.217 e. The van der Waals surface area contributed by atoms with Crippen LogP contribution >= 0.6 is 0 Å². The molecular weight excluding hydrogens is 174 g/mol. The van der Waals surface area contributed by atoms with Gasteiger partial charge in [0.2, 0.25) is 5.91 Å². The molecular formula is C12H23NO. The van der Waals surface area contributed by atoms with Crippen molar-refractivity contribution in [3.8, 4) is 0 Å². The number of nitrogens with one attached hydrogen (secondary N) is 1. The fourth-order valence-electron chi connectivity index (χ4n) is 3.24. The fraction of sp³-hybridized carbons (Fsp3) is 0.917. The number of rotatable bonds is 1. The van der Waals surface area contributed by atoms with Crippen molar-refractivity contribution in [1.82, 2.24) is 5.32 Å². The van der Waals surface area contributed by atoms with Crippen LogP contribution in [0, 0.1) is 10.8 Å². The summed E-state index contributed by atoms with van der Waals surface area (Å²) in [6.45, 7) is 10.8. The van der Waals surface area contributed by atoms with Crippen LogP contribution in [0.3, 0.4) is 0 Å². The molecule has 0 heterocycles. The van der Waals surface area contributed by atoms with Crippen LogP contribution in [0.25, 0.3) is 0 Å². The summed E-state index contributed by atoms with van der Waals surface area (Å²) in [5.41, 5.74) is 0.712. The first kappa shape index (κ1) is 11.5. The SMILES string of the molecule is CC(=O)NC1CC(C)(C)CC(C)(C)C1. The van der Waals surface area contributed by atoms with E-state index in [1.54, 1.807) is 6.92 Å². The van der Waals surface area contributed by atoms with Gasteiger partial charge in [-0.3, -0.25) is 4.79 Å². The predicted molar refractivity (Wildman–Crippen MR) is 59.0 cm³/mol. The maximum absolute atomic E-state index is 11.0. The van der Waals surface area contributed by atoms with E-state index in [1.165, 1.54) is 6.42 Å². The number of carbonyl (C=O) groups excluding carboxylic acids is 1. The summed E-state index contributed by atoms with van der Waals surface area (Å²) in [4.78, 5) is 11.0. The van der Waals surface area contributed by atoms with Crippen molar-refractivity contribution in [3.63, 3.8) is 0 Å². The van der Waals surface area contributed by atoms with Gasteiger partial charge in [-0.1, -0.05) is 27.7 Å². The van der Waals surface area contributed by atoms with Crippen molar-refractivity contribution in [2.45, 2.75) is 59.9 Å². The average molecular weight is 197 g/mol. The van der Waals surface area contributed by atoms with Crippen LogP contribution in [0.4, 0.5) is 0 Å². The summed E-state index contributed by atoms with van der Waals surface area (Å²) >= 11 is 0. The Kier molecular flexibility index (Phi) is 2.93. The Bertz CT molecular complexity index is 214. The summed E-state index contributed by atoms with van der Waals surface area (Å²) in [7, 11) is 0. The van der Waals surface area contributed by atoms with Crippen LogP contribution in [-0.2, 0) is 4.79 Å². The molecule has 1 aliphatic carbocycles. The van der Waals surface area contributed by atoms with Crippen molar-refractivity contribution in [3.05, 3.63) is 0 Å². The van der Waals surface area contributed by atoms with Gasteiger partial charge in [0.1, 0.15) is 0 Å². The summed E-state index contributed by atoms with van der Waals surface area (Å²) in [5.74, 6) is 0.100. The fourth-order valence-corrected chi connectivity index (χ4v) is 3.24. The quantitative estimate of drug-likeness (QED) is 0.688. The zero-order valence-electron chi connectivity index (χ0n) is 10.1. The van der Waals surface area contributed by atoms with E-state index >= 15 is 0 Å². The van der Waals surface area contributed by atoms with Gasteiger partial charge >= 0.3 is 0 Å². The van der Waals surface area contributed by atoms with E-state index in [-0.39, 0.29) is 5.91 Å². The largest absolute Gasteiger partial charge is 0.354 e. The lowest BCUT2D eigenvalue weighted by molar-refractivity contribution is -0.120. The molecule has 0 aromatic carbocycles. The standard InChI is InChI=1S/C12H23NO/c1-9(14)13-10-6-11(2,3)8-12(4,5)7-10/h10H,6-8H2,1-5H3,(H,13,14). The number of hydrogen-bond donors (Lipinski definition) is 1. The lowest BCUT2D eigenvalue weighted by Crippen LogP contribution is -2.45. The molecule has 2 nitrogen and oxygen atoms in total. The maximum atomic E-state index is 11.0. The van der Waals surface area contributed by atoms with Crippen LogP contribution in [-0.4, -0.2) is 11.9 Å². The highest BCUT2D eigenvalue weighted by molar-refractivity contribution is 5.73. The Morgan fingerprint density at radius 2 is 1.57 bits per heavy atom. The molecule has 1 rings (SSSR count). The molecule has 0 aromatic rings. The van der Waals surface area contributed by atoms with E-state index in [0.29, 0.717) is 16.9 Å². The first-order chi connectivity index (χ1) is 6.20. The topological polar surface area (TPSA) is 29.1 Å². The van der Waals surface area contributed by atoms with E-state index < -0.39 is 0 Å². The third kappa shape index (κ3) is 3.32. The van der Waals surface area contributed by atoms with Crippen LogP contribution in [0.5, 0.6) is 0 Å². The smallest absolute Gasteiger partial charge is 0.217 e. The Labute approximate surface area is 87.5 Å². The van der Waals surface area contributed by atoms with Gasteiger partial charge in [-0.2, -0.15) is 0 Å². The second-order valence-electron chi connectivity index (χ2n) is 6.31. The van der Waals surface area contributed by atoms with E-state index in [0.717, 1.165) is 12.8 Å². The van der Waals surface area contributed by atoms with E-state index in [1.807, 2.05) is 0 Å². The van der Waals surface area contributed by atoms with Crippen molar-refractivity contribution < 1.29 is 4.79 Å². The molecule has 2 heteroatoms.